The molecule has 0 spiro atoms. The number of rotatable bonds is 5. The van der Waals surface area contributed by atoms with Crippen LogP contribution in [0.3, 0.4) is 0 Å². The molecule has 2 aliphatic heterocycles. The summed E-state index contributed by atoms with van der Waals surface area (Å²) in [6.07, 6.45) is 3.74. The van der Waals surface area contributed by atoms with E-state index >= 15 is 0 Å². The molecule has 2 aliphatic rings. The molecule has 0 saturated carbocycles. The van der Waals surface area contributed by atoms with Crippen molar-refractivity contribution in [1.29, 1.82) is 0 Å². The quantitative estimate of drug-likeness (QED) is 0.745. The van der Waals surface area contributed by atoms with Crippen LogP contribution in [0.5, 0.6) is 0 Å². The SMILES string of the molecule is OC(Cc1cccc(F)c1F)N1CCC2=C(C1)C(Cc1ccc(F)cc1)=NC=C=C2. The first kappa shape index (κ1) is 20.4. The second kappa shape index (κ2) is 8.84. The van der Waals surface area contributed by atoms with Gasteiger partial charge < -0.3 is 5.11 Å². The topological polar surface area (TPSA) is 35.8 Å². The van der Waals surface area contributed by atoms with E-state index in [1.807, 2.05) is 11.0 Å². The number of halogens is 3. The zero-order chi connectivity index (χ0) is 21.1. The lowest BCUT2D eigenvalue weighted by atomic mass is 9.92. The highest BCUT2D eigenvalue weighted by atomic mass is 19.2. The van der Waals surface area contributed by atoms with Crippen molar-refractivity contribution < 1.29 is 18.3 Å². The minimum Gasteiger partial charge on any atom is -0.378 e. The molecule has 2 aromatic carbocycles. The van der Waals surface area contributed by atoms with Crippen LogP contribution in [0.2, 0.25) is 0 Å². The van der Waals surface area contributed by atoms with Gasteiger partial charge >= 0.3 is 0 Å². The summed E-state index contributed by atoms with van der Waals surface area (Å²) in [5, 5.41) is 10.7. The third-order valence-electron chi connectivity index (χ3n) is 5.46. The van der Waals surface area contributed by atoms with Gasteiger partial charge in [0, 0.05) is 25.9 Å². The second-order valence-corrected chi connectivity index (χ2v) is 7.44. The number of aliphatic imine (C=N–C) groups is 1. The Bertz CT molecular complexity index is 1070. The molecule has 2 heterocycles. The number of hydrogen-bond acceptors (Lipinski definition) is 3. The van der Waals surface area contributed by atoms with Gasteiger partial charge in [-0.05, 0) is 53.0 Å². The Morgan fingerprint density at radius 1 is 1.10 bits per heavy atom. The lowest BCUT2D eigenvalue weighted by molar-refractivity contribution is 0.00849. The van der Waals surface area contributed by atoms with E-state index in [1.54, 1.807) is 18.3 Å². The minimum absolute atomic E-state index is 0.00919. The number of allylic oxidation sites excluding steroid dienone is 1. The number of aliphatic hydroxyl groups excluding tert-OH is 1. The third-order valence-corrected chi connectivity index (χ3v) is 5.46. The average molecular weight is 410 g/mol. The molecular formula is C24H21F3N2O. The molecule has 0 radical (unpaired) electrons. The zero-order valence-corrected chi connectivity index (χ0v) is 16.3. The molecule has 0 fully saturated rings. The van der Waals surface area contributed by atoms with E-state index < -0.39 is 17.9 Å². The molecule has 3 nitrogen and oxygen atoms in total. The Morgan fingerprint density at radius 2 is 1.90 bits per heavy atom. The molecule has 0 aromatic heterocycles. The average Bonchev–Trinajstić information content (AvgIpc) is 2.95. The van der Waals surface area contributed by atoms with Gasteiger partial charge in [-0.15, -0.1) is 5.73 Å². The van der Waals surface area contributed by atoms with Gasteiger partial charge in [-0.1, -0.05) is 24.3 Å². The first-order chi connectivity index (χ1) is 14.5. The Kier molecular flexibility index (Phi) is 6.00. The van der Waals surface area contributed by atoms with Gasteiger partial charge in [0.2, 0.25) is 0 Å². The maximum Gasteiger partial charge on any atom is 0.162 e. The van der Waals surface area contributed by atoms with E-state index in [-0.39, 0.29) is 17.8 Å². The van der Waals surface area contributed by atoms with Crippen molar-refractivity contribution in [2.24, 2.45) is 4.99 Å². The first-order valence-corrected chi connectivity index (χ1v) is 9.81. The van der Waals surface area contributed by atoms with E-state index in [9.17, 15) is 18.3 Å². The zero-order valence-electron chi connectivity index (χ0n) is 16.3. The Hall–Kier alpha value is -2.92. The molecule has 0 aliphatic carbocycles. The van der Waals surface area contributed by atoms with Crippen LogP contribution in [0.25, 0.3) is 0 Å². The van der Waals surface area contributed by atoms with Crippen molar-refractivity contribution in [3.63, 3.8) is 0 Å². The monoisotopic (exact) mass is 410 g/mol. The van der Waals surface area contributed by atoms with Crippen LogP contribution in [0.4, 0.5) is 13.2 Å². The highest BCUT2D eigenvalue weighted by Gasteiger charge is 2.27. The number of nitrogens with zero attached hydrogens (tertiary/aromatic N) is 2. The Labute approximate surface area is 173 Å². The molecule has 6 heteroatoms. The van der Waals surface area contributed by atoms with Gasteiger partial charge in [0.05, 0.1) is 11.9 Å². The van der Waals surface area contributed by atoms with Crippen molar-refractivity contribution in [3.05, 3.63) is 100 Å². The molecule has 1 unspecified atom stereocenters. The normalized spacial score (nSPS) is 17.5. The van der Waals surface area contributed by atoms with Crippen molar-refractivity contribution in [2.45, 2.75) is 25.5 Å². The fourth-order valence-electron chi connectivity index (χ4n) is 3.80. The molecule has 30 heavy (non-hydrogen) atoms. The van der Waals surface area contributed by atoms with E-state index in [2.05, 4.69) is 10.7 Å². The highest BCUT2D eigenvalue weighted by molar-refractivity contribution is 6.03. The van der Waals surface area contributed by atoms with Gasteiger partial charge in [0.1, 0.15) is 12.0 Å². The van der Waals surface area contributed by atoms with Gasteiger partial charge in [-0.3, -0.25) is 9.89 Å². The molecule has 0 amide bonds. The van der Waals surface area contributed by atoms with Gasteiger partial charge in [-0.2, -0.15) is 0 Å². The van der Waals surface area contributed by atoms with Crippen LogP contribution in [0.15, 0.2) is 76.6 Å². The van der Waals surface area contributed by atoms with E-state index in [0.29, 0.717) is 25.9 Å². The number of aliphatic hydroxyl groups is 1. The van der Waals surface area contributed by atoms with Crippen LogP contribution in [-0.4, -0.2) is 35.0 Å². The molecule has 2 aromatic rings. The van der Waals surface area contributed by atoms with E-state index in [4.69, 9.17) is 0 Å². The largest absolute Gasteiger partial charge is 0.378 e. The van der Waals surface area contributed by atoms with Crippen LogP contribution < -0.4 is 0 Å². The fourth-order valence-corrected chi connectivity index (χ4v) is 3.80. The van der Waals surface area contributed by atoms with Crippen molar-refractivity contribution >= 4 is 5.71 Å². The summed E-state index contributed by atoms with van der Waals surface area (Å²) in [5.74, 6) is -2.13. The predicted molar refractivity (Wildman–Crippen MR) is 109 cm³/mol. The molecule has 4 rings (SSSR count). The number of hydrogen-bond donors (Lipinski definition) is 1. The van der Waals surface area contributed by atoms with E-state index in [0.717, 1.165) is 28.5 Å². The third kappa shape index (κ3) is 4.46. The Balaban J connectivity index is 1.52. The van der Waals surface area contributed by atoms with E-state index in [1.165, 1.54) is 24.3 Å². The fraction of sp³-hybridized carbons (Fsp3) is 0.250. The highest BCUT2D eigenvalue weighted by Crippen LogP contribution is 2.26. The maximum absolute atomic E-state index is 14.0. The number of benzene rings is 2. The summed E-state index contributed by atoms with van der Waals surface area (Å²) in [6, 6.07) is 10.3. The van der Waals surface area contributed by atoms with Crippen molar-refractivity contribution in [3.8, 4) is 0 Å². The predicted octanol–water partition coefficient (Wildman–Crippen LogP) is 4.33. The Morgan fingerprint density at radius 3 is 2.70 bits per heavy atom. The summed E-state index contributed by atoms with van der Waals surface area (Å²) >= 11 is 0. The smallest absolute Gasteiger partial charge is 0.162 e. The first-order valence-electron chi connectivity index (χ1n) is 9.81. The van der Waals surface area contributed by atoms with Crippen LogP contribution in [0.1, 0.15) is 17.5 Å². The lowest BCUT2D eigenvalue weighted by Gasteiger charge is -2.34. The van der Waals surface area contributed by atoms with Crippen LogP contribution in [0, 0.1) is 17.5 Å². The standard InChI is InChI=1S/C24H21F3N2O/c25-19-8-6-16(7-9-19)13-22-20-15-29(12-10-17(20)4-2-11-28-22)23(30)14-18-3-1-5-21(26)24(18)27/h1,3-9,11,23,30H,10,12-15H2. The van der Waals surface area contributed by atoms with Gasteiger partial charge in [-0.25, -0.2) is 13.2 Å². The van der Waals surface area contributed by atoms with Crippen LogP contribution in [-0.2, 0) is 12.8 Å². The van der Waals surface area contributed by atoms with Crippen LogP contribution >= 0.6 is 0 Å². The molecule has 154 valence electrons. The molecule has 0 bridgehead atoms. The van der Waals surface area contributed by atoms with Gasteiger partial charge in [0.25, 0.3) is 0 Å². The minimum atomic E-state index is -0.956. The molecule has 0 saturated heterocycles. The summed E-state index contributed by atoms with van der Waals surface area (Å²) in [5.41, 5.74) is 7.00. The summed E-state index contributed by atoms with van der Waals surface area (Å²) in [6.45, 7) is 1.01. The van der Waals surface area contributed by atoms with Crippen molar-refractivity contribution in [2.75, 3.05) is 13.1 Å². The second-order valence-electron chi connectivity index (χ2n) is 7.44. The van der Waals surface area contributed by atoms with Crippen molar-refractivity contribution in [1.82, 2.24) is 4.90 Å². The summed E-state index contributed by atoms with van der Waals surface area (Å²) < 4.78 is 40.7. The molecule has 1 atom stereocenters. The summed E-state index contributed by atoms with van der Waals surface area (Å²) in [7, 11) is 0. The lowest BCUT2D eigenvalue weighted by Crippen LogP contribution is -2.42. The maximum atomic E-state index is 14.0. The molecule has 1 N–H and O–H groups in total. The summed E-state index contributed by atoms with van der Waals surface area (Å²) in [4.78, 5) is 6.34. The van der Waals surface area contributed by atoms with Gasteiger partial charge in [0.15, 0.2) is 11.6 Å². The molecular weight excluding hydrogens is 389 g/mol.